The molecule has 0 spiro atoms. The van der Waals surface area contributed by atoms with Crippen LogP contribution in [0.4, 0.5) is 8.78 Å². The SMILES string of the molecule is Cc1ccc2c(=O)n(-c3c(F)cc(CC(=O)CS(=O)(=O)c4cc(Cl)c(Cl)s4)cc3F)c(=O)[nH]c2c1. The average molecular weight is 559 g/mol. The maximum atomic E-state index is 14.9. The molecule has 182 valence electrons. The van der Waals surface area contributed by atoms with Gasteiger partial charge in [-0.1, -0.05) is 29.3 Å². The number of rotatable bonds is 6. The number of sulfone groups is 1. The second-order valence-electron chi connectivity index (χ2n) is 7.69. The van der Waals surface area contributed by atoms with Crippen molar-refractivity contribution < 1.29 is 22.0 Å². The third-order valence-electron chi connectivity index (χ3n) is 5.03. The molecule has 0 aliphatic carbocycles. The highest BCUT2D eigenvalue weighted by Crippen LogP contribution is 2.34. The molecule has 0 saturated heterocycles. The van der Waals surface area contributed by atoms with Gasteiger partial charge < -0.3 is 4.98 Å². The topological polar surface area (TPSA) is 106 Å². The van der Waals surface area contributed by atoms with E-state index in [0.717, 1.165) is 23.8 Å². The fraction of sp³-hybridized carbons (Fsp3) is 0.136. The summed E-state index contributed by atoms with van der Waals surface area (Å²) in [5.74, 6) is -4.32. The van der Waals surface area contributed by atoms with E-state index in [2.05, 4.69) is 4.98 Å². The highest BCUT2D eigenvalue weighted by atomic mass is 35.5. The van der Waals surface area contributed by atoms with Gasteiger partial charge in [0.15, 0.2) is 27.3 Å². The van der Waals surface area contributed by atoms with Crippen molar-refractivity contribution in [3.05, 3.63) is 89.4 Å². The summed E-state index contributed by atoms with van der Waals surface area (Å²) in [6.45, 7) is 1.75. The van der Waals surface area contributed by atoms with Crippen molar-refractivity contribution in [2.45, 2.75) is 17.6 Å². The Bertz CT molecular complexity index is 1700. The van der Waals surface area contributed by atoms with Gasteiger partial charge in [-0.25, -0.2) is 26.6 Å². The number of halogens is 4. The number of carbonyl (C=O) groups excluding carboxylic acids is 1. The number of hydrogen-bond acceptors (Lipinski definition) is 6. The van der Waals surface area contributed by atoms with E-state index >= 15 is 0 Å². The molecule has 2 aromatic carbocycles. The third-order valence-corrected chi connectivity index (χ3v) is 9.14. The lowest BCUT2D eigenvalue weighted by Crippen LogP contribution is -2.35. The van der Waals surface area contributed by atoms with Gasteiger partial charge in [0.1, 0.15) is 20.0 Å². The van der Waals surface area contributed by atoms with Crippen LogP contribution in [0.1, 0.15) is 11.1 Å². The van der Waals surface area contributed by atoms with Crippen molar-refractivity contribution in [2.75, 3.05) is 5.75 Å². The number of benzene rings is 2. The van der Waals surface area contributed by atoms with Crippen LogP contribution in [-0.2, 0) is 21.1 Å². The van der Waals surface area contributed by atoms with E-state index in [1.807, 2.05) is 0 Å². The average Bonchev–Trinajstić information content (AvgIpc) is 3.08. The molecule has 0 aliphatic heterocycles. The number of nitrogens with zero attached hydrogens (tertiary/aromatic N) is 1. The van der Waals surface area contributed by atoms with Crippen molar-refractivity contribution in [3.8, 4) is 5.69 Å². The molecule has 2 aromatic heterocycles. The van der Waals surface area contributed by atoms with E-state index in [1.165, 1.54) is 6.07 Å². The van der Waals surface area contributed by atoms with Gasteiger partial charge in [-0.05, 0) is 48.4 Å². The van der Waals surface area contributed by atoms with Crippen LogP contribution in [0.15, 0.2) is 50.2 Å². The van der Waals surface area contributed by atoms with Crippen LogP contribution in [0.3, 0.4) is 0 Å². The zero-order valence-corrected chi connectivity index (χ0v) is 20.8. The van der Waals surface area contributed by atoms with Crippen molar-refractivity contribution in [3.63, 3.8) is 0 Å². The van der Waals surface area contributed by atoms with Crippen molar-refractivity contribution >= 4 is 61.1 Å². The lowest BCUT2D eigenvalue weighted by molar-refractivity contribution is -0.116. The highest BCUT2D eigenvalue weighted by Gasteiger charge is 2.24. The molecule has 0 aliphatic rings. The summed E-state index contributed by atoms with van der Waals surface area (Å²) in [5.41, 5.74) is -2.07. The number of aromatic amines is 1. The van der Waals surface area contributed by atoms with Crippen molar-refractivity contribution in [1.29, 1.82) is 0 Å². The van der Waals surface area contributed by atoms with Gasteiger partial charge in [0.2, 0.25) is 0 Å². The fourth-order valence-corrected chi connectivity index (χ4v) is 6.72. The number of nitrogens with one attached hydrogen (secondary N) is 1. The van der Waals surface area contributed by atoms with Crippen LogP contribution in [0.25, 0.3) is 16.6 Å². The third kappa shape index (κ3) is 4.94. The second-order valence-corrected chi connectivity index (χ2v) is 12.0. The monoisotopic (exact) mass is 558 g/mol. The summed E-state index contributed by atoms with van der Waals surface area (Å²) >= 11 is 12.2. The number of ketones is 1. The molecule has 1 N–H and O–H groups in total. The summed E-state index contributed by atoms with van der Waals surface area (Å²) in [7, 11) is -4.07. The Kier molecular flexibility index (Phi) is 6.71. The Morgan fingerprint density at radius 3 is 2.34 bits per heavy atom. The molecule has 0 atom stereocenters. The summed E-state index contributed by atoms with van der Waals surface area (Å²) in [6, 6.07) is 7.25. The predicted molar refractivity (Wildman–Crippen MR) is 130 cm³/mol. The van der Waals surface area contributed by atoms with Crippen LogP contribution in [0.2, 0.25) is 9.36 Å². The number of thiophene rings is 1. The van der Waals surface area contributed by atoms with E-state index in [9.17, 15) is 31.6 Å². The molecule has 0 saturated carbocycles. The minimum Gasteiger partial charge on any atom is -0.306 e. The van der Waals surface area contributed by atoms with E-state index < -0.39 is 56.4 Å². The molecular formula is C22H14Cl2F2N2O5S2. The fourth-order valence-electron chi connectivity index (χ4n) is 3.51. The number of aromatic nitrogens is 2. The molecule has 0 bridgehead atoms. The number of aryl methyl sites for hydroxylation is 1. The zero-order chi connectivity index (χ0) is 25.7. The van der Waals surface area contributed by atoms with Crippen LogP contribution in [0, 0.1) is 18.6 Å². The van der Waals surface area contributed by atoms with E-state index in [-0.39, 0.29) is 30.0 Å². The molecule has 7 nitrogen and oxygen atoms in total. The molecule has 13 heteroatoms. The van der Waals surface area contributed by atoms with Crippen LogP contribution in [0.5, 0.6) is 0 Å². The second kappa shape index (κ2) is 9.30. The maximum absolute atomic E-state index is 14.9. The van der Waals surface area contributed by atoms with Crippen LogP contribution >= 0.6 is 34.5 Å². The lowest BCUT2D eigenvalue weighted by atomic mass is 10.1. The normalized spacial score (nSPS) is 11.8. The van der Waals surface area contributed by atoms with Crippen LogP contribution < -0.4 is 11.2 Å². The summed E-state index contributed by atoms with van der Waals surface area (Å²) < 4.78 is 54.8. The molecule has 2 heterocycles. The molecule has 0 unspecified atom stereocenters. The Balaban J connectivity index is 1.66. The molecule has 0 radical (unpaired) electrons. The van der Waals surface area contributed by atoms with Gasteiger partial charge in [0, 0.05) is 6.42 Å². The molecule has 0 fully saturated rings. The van der Waals surface area contributed by atoms with Gasteiger partial charge in [0.05, 0.1) is 15.9 Å². The molecule has 4 rings (SSSR count). The number of H-pyrrole nitrogens is 1. The maximum Gasteiger partial charge on any atom is 0.333 e. The number of Topliss-reactive ketones (excluding diaryl/α,β-unsaturated/α-hetero) is 1. The minimum absolute atomic E-state index is 0.0245. The van der Waals surface area contributed by atoms with Gasteiger partial charge in [0.25, 0.3) is 5.56 Å². The first kappa shape index (κ1) is 25.2. The summed E-state index contributed by atoms with van der Waals surface area (Å²) in [6.07, 6.45) is -0.609. The first-order valence-corrected chi connectivity index (χ1v) is 13.0. The van der Waals surface area contributed by atoms with E-state index in [1.54, 1.807) is 19.1 Å². The Labute approximate surface area is 210 Å². The Hall–Kier alpha value is -2.86. The van der Waals surface area contributed by atoms with E-state index in [4.69, 9.17) is 23.2 Å². The van der Waals surface area contributed by atoms with Crippen LogP contribution in [-0.4, -0.2) is 29.5 Å². The molecule has 0 amide bonds. The summed E-state index contributed by atoms with van der Waals surface area (Å²) in [4.78, 5) is 40.1. The lowest BCUT2D eigenvalue weighted by Gasteiger charge is -2.11. The molecule has 35 heavy (non-hydrogen) atoms. The van der Waals surface area contributed by atoms with Gasteiger partial charge >= 0.3 is 5.69 Å². The number of hydrogen-bond donors (Lipinski definition) is 1. The van der Waals surface area contributed by atoms with Gasteiger partial charge in [-0.15, -0.1) is 11.3 Å². The smallest absolute Gasteiger partial charge is 0.306 e. The Morgan fingerprint density at radius 1 is 1.09 bits per heavy atom. The quantitative estimate of drug-likeness (QED) is 0.381. The molecule has 4 aromatic rings. The Morgan fingerprint density at radius 2 is 1.74 bits per heavy atom. The van der Waals surface area contributed by atoms with Crippen molar-refractivity contribution in [1.82, 2.24) is 9.55 Å². The highest BCUT2D eigenvalue weighted by molar-refractivity contribution is 7.94. The molecular weight excluding hydrogens is 545 g/mol. The zero-order valence-electron chi connectivity index (χ0n) is 17.7. The van der Waals surface area contributed by atoms with E-state index in [0.29, 0.717) is 15.9 Å². The predicted octanol–water partition coefficient (Wildman–Crippen LogP) is 4.22. The minimum atomic E-state index is -4.07. The largest absolute Gasteiger partial charge is 0.333 e. The first-order chi connectivity index (χ1) is 16.4. The first-order valence-electron chi connectivity index (χ1n) is 9.80. The van der Waals surface area contributed by atoms with Gasteiger partial charge in [-0.2, -0.15) is 0 Å². The number of fused-ring (bicyclic) bond motifs is 1. The summed E-state index contributed by atoms with van der Waals surface area (Å²) in [5, 5.41) is 0.0729. The van der Waals surface area contributed by atoms with Crippen molar-refractivity contribution in [2.24, 2.45) is 0 Å². The van der Waals surface area contributed by atoms with Gasteiger partial charge in [-0.3, -0.25) is 9.59 Å². The standard InChI is InChI=1S/C22H14Cl2F2N2O5S2/c1-10-2-3-13-17(4-10)27-22(31)28(21(13)30)19-15(25)6-11(7-16(19)26)5-12(29)9-35(32,33)18-8-14(23)20(24)34-18/h2-4,6-8H,5,9H2,1H3,(H,27,31). The number of carbonyl (C=O) groups is 1.